The van der Waals surface area contributed by atoms with Crippen LogP contribution in [0, 0.1) is 0 Å². The van der Waals surface area contributed by atoms with Crippen LogP contribution < -0.4 is 10.6 Å². The lowest BCUT2D eigenvalue weighted by atomic mass is 10.2. The first-order chi connectivity index (χ1) is 11.3. The minimum atomic E-state index is 0.768. The van der Waals surface area contributed by atoms with Gasteiger partial charge in [-0.1, -0.05) is 18.9 Å². The molecule has 128 valence electrons. The summed E-state index contributed by atoms with van der Waals surface area (Å²) >= 11 is 0. The molecule has 0 unspecified atom stereocenters. The molecule has 1 aromatic rings. The van der Waals surface area contributed by atoms with Crippen molar-refractivity contribution in [1.29, 1.82) is 0 Å². The quantitative estimate of drug-likeness (QED) is 0.569. The van der Waals surface area contributed by atoms with Gasteiger partial charge in [0.2, 0.25) is 0 Å². The van der Waals surface area contributed by atoms with Crippen molar-refractivity contribution in [3.63, 3.8) is 0 Å². The van der Waals surface area contributed by atoms with E-state index in [-0.39, 0.29) is 0 Å². The van der Waals surface area contributed by atoms with Crippen LogP contribution in [0.1, 0.15) is 38.3 Å². The van der Waals surface area contributed by atoms with Gasteiger partial charge in [0.25, 0.3) is 0 Å². The van der Waals surface area contributed by atoms with Gasteiger partial charge in [-0.25, -0.2) is 0 Å². The van der Waals surface area contributed by atoms with E-state index in [1.807, 2.05) is 18.3 Å². The molecule has 5 heteroatoms. The standard InChI is InChI=1S/C18H31N5/c1-3-19-18(21-13-11-16-8-6-7-12-20-16)22-14-15-23(2)17-9-4-5-10-17/h6-8,12,17H,3-5,9-11,13-15H2,1-2H3,(H2,19,21,22). The largest absolute Gasteiger partial charge is 0.357 e. The molecule has 0 aliphatic heterocycles. The van der Waals surface area contributed by atoms with Gasteiger partial charge in [-0.2, -0.15) is 0 Å². The first-order valence-electron chi connectivity index (χ1n) is 8.92. The van der Waals surface area contributed by atoms with Crippen LogP contribution in [0.25, 0.3) is 0 Å². The third-order valence-corrected chi connectivity index (χ3v) is 4.41. The van der Waals surface area contributed by atoms with E-state index >= 15 is 0 Å². The van der Waals surface area contributed by atoms with E-state index in [1.54, 1.807) is 0 Å². The Labute approximate surface area is 140 Å². The predicted molar refractivity (Wildman–Crippen MR) is 96.8 cm³/mol. The van der Waals surface area contributed by atoms with Crippen LogP contribution in [0.2, 0.25) is 0 Å². The van der Waals surface area contributed by atoms with Crippen molar-refractivity contribution in [2.75, 3.05) is 33.2 Å². The zero-order valence-corrected chi connectivity index (χ0v) is 14.6. The number of hydrogen-bond donors (Lipinski definition) is 2. The minimum absolute atomic E-state index is 0.768. The van der Waals surface area contributed by atoms with Crippen LogP contribution in [0.4, 0.5) is 0 Å². The molecule has 1 aliphatic carbocycles. The number of pyridine rings is 1. The molecule has 0 spiro atoms. The minimum Gasteiger partial charge on any atom is -0.357 e. The lowest BCUT2D eigenvalue weighted by molar-refractivity contribution is 0.252. The summed E-state index contributed by atoms with van der Waals surface area (Å²) in [5.74, 6) is 0.906. The van der Waals surface area contributed by atoms with E-state index < -0.39 is 0 Å². The Bertz CT molecular complexity index is 454. The smallest absolute Gasteiger partial charge is 0.191 e. The van der Waals surface area contributed by atoms with Gasteiger partial charge in [0, 0.05) is 44.0 Å². The zero-order chi connectivity index (χ0) is 16.3. The van der Waals surface area contributed by atoms with Crippen LogP contribution in [0.15, 0.2) is 29.4 Å². The van der Waals surface area contributed by atoms with Crippen molar-refractivity contribution in [2.45, 2.75) is 45.1 Å². The lowest BCUT2D eigenvalue weighted by Crippen LogP contribution is -2.39. The second-order valence-corrected chi connectivity index (χ2v) is 6.18. The Morgan fingerprint density at radius 1 is 1.30 bits per heavy atom. The SMILES string of the molecule is CCNC(=NCCN(C)C1CCCC1)NCCc1ccccn1. The van der Waals surface area contributed by atoms with E-state index in [2.05, 4.69) is 45.5 Å². The Morgan fingerprint density at radius 3 is 2.83 bits per heavy atom. The van der Waals surface area contributed by atoms with Gasteiger partial charge in [0.05, 0.1) is 6.54 Å². The summed E-state index contributed by atoms with van der Waals surface area (Å²) in [6, 6.07) is 6.80. The first kappa shape index (κ1) is 17.7. The summed E-state index contributed by atoms with van der Waals surface area (Å²) in [7, 11) is 2.23. The maximum absolute atomic E-state index is 4.69. The molecule has 1 aromatic heterocycles. The van der Waals surface area contributed by atoms with Crippen molar-refractivity contribution in [2.24, 2.45) is 4.99 Å². The van der Waals surface area contributed by atoms with Crippen molar-refractivity contribution >= 4 is 5.96 Å². The van der Waals surface area contributed by atoms with E-state index in [1.165, 1.54) is 25.7 Å². The average molecular weight is 317 g/mol. The van der Waals surface area contributed by atoms with Crippen LogP contribution >= 0.6 is 0 Å². The molecule has 0 atom stereocenters. The zero-order valence-electron chi connectivity index (χ0n) is 14.6. The van der Waals surface area contributed by atoms with Gasteiger partial charge in [0.15, 0.2) is 5.96 Å². The average Bonchev–Trinajstić information content (AvgIpc) is 3.10. The van der Waals surface area contributed by atoms with Crippen LogP contribution in [-0.4, -0.2) is 55.1 Å². The highest BCUT2D eigenvalue weighted by molar-refractivity contribution is 5.79. The summed E-state index contributed by atoms with van der Waals surface area (Å²) in [5.41, 5.74) is 1.11. The normalized spacial score (nSPS) is 16.0. The molecule has 1 saturated carbocycles. The third-order valence-electron chi connectivity index (χ3n) is 4.41. The maximum Gasteiger partial charge on any atom is 0.191 e. The summed E-state index contributed by atoms with van der Waals surface area (Å²) < 4.78 is 0. The Hall–Kier alpha value is -1.62. The monoisotopic (exact) mass is 317 g/mol. The first-order valence-corrected chi connectivity index (χ1v) is 8.92. The molecule has 0 radical (unpaired) electrons. The predicted octanol–water partition coefficient (Wildman–Crippen LogP) is 2.05. The molecule has 1 heterocycles. The number of nitrogens with zero attached hydrogens (tertiary/aromatic N) is 3. The number of aromatic nitrogens is 1. The Kier molecular flexibility index (Phi) is 7.87. The second kappa shape index (κ2) is 10.2. The van der Waals surface area contributed by atoms with E-state index in [0.29, 0.717) is 0 Å². The molecule has 0 aromatic carbocycles. The third kappa shape index (κ3) is 6.57. The van der Waals surface area contributed by atoms with Crippen molar-refractivity contribution in [3.05, 3.63) is 30.1 Å². The van der Waals surface area contributed by atoms with E-state index in [9.17, 15) is 0 Å². The van der Waals surface area contributed by atoms with Gasteiger partial charge in [-0.05, 0) is 38.9 Å². The highest BCUT2D eigenvalue weighted by Gasteiger charge is 2.18. The fourth-order valence-electron chi connectivity index (χ4n) is 3.04. The molecule has 23 heavy (non-hydrogen) atoms. The van der Waals surface area contributed by atoms with Crippen molar-refractivity contribution in [1.82, 2.24) is 20.5 Å². The summed E-state index contributed by atoms with van der Waals surface area (Å²) in [6.07, 6.45) is 8.22. The molecule has 2 rings (SSSR count). The number of guanidine groups is 1. The van der Waals surface area contributed by atoms with E-state index in [0.717, 1.165) is 50.3 Å². The van der Waals surface area contributed by atoms with Crippen LogP contribution in [-0.2, 0) is 6.42 Å². The molecule has 1 fully saturated rings. The molecule has 0 amide bonds. The molecular weight excluding hydrogens is 286 g/mol. The Morgan fingerprint density at radius 2 is 2.13 bits per heavy atom. The summed E-state index contributed by atoms with van der Waals surface area (Å²) in [6.45, 7) is 5.70. The highest BCUT2D eigenvalue weighted by atomic mass is 15.2. The molecule has 5 nitrogen and oxygen atoms in total. The van der Waals surface area contributed by atoms with Crippen LogP contribution in [0.3, 0.4) is 0 Å². The van der Waals surface area contributed by atoms with E-state index in [4.69, 9.17) is 0 Å². The second-order valence-electron chi connectivity index (χ2n) is 6.18. The fourth-order valence-corrected chi connectivity index (χ4v) is 3.04. The number of hydrogen-bond acceptors (Lipinski definition) is 3. The van der Waals surface area contributed by atoms with Crippen LogP contribution in [0.5, 0.6) is 0 Å². The summed E-state index contributed by atoms with van der Waals surface area (Å²) in [4.78, 5) is 11.5. The molecule has 1 aliphatic rings. The Balaban J connectivity index is 1.71. The number of rotatable bonds is 8. The molecular formula is C18H31N5. The van der Waals surface area contributed by atoms with Gasteiger partial charge in [-0.3, -0.25) is 9.98 Å². The van der Waals surface area contributed by atoms with Crippen molar-refractivity contribution in [3.8, 4) is 0 Å². The molecule has 2 N–H and O–H groups in total. The van der Waals surface area contributed by atoms with Gasteiger partial charge in [-0.15, -0.1) is 0 Å². The number of aliphatic imine (C=N–C) groups is 1. The fraction of sp³-hybridized carbons (Fsp3) is 0.667. The van der Waals surface area contributed by atoms with Gasteiger partial charge < -0.3 is 15.5 Å². The summed E-state index contributed by atoms with van der Waals surface area (Å²) in [5, 5.41) is 6.70. The molecule has 0 saturated heterocycles. The van der Waals surface area contributed by atoms with Crippen molar-refractivity contribution < 1.29 is 0 Å². The highest BCUT2D eigenvalue weighted by Crippen LogP contribution is 2.21. The van der Waals surface area contributed by atoms with Gasteiger partial charge in [0.1, 0.15) is 0 Å². The molecule has 0 bridgehead atoms. The lowest BCUT2D eigenvalue weighted by Gasteiger charge is -2.23. The topological polar surface area (TPSA) is 52.6 Å². The van der Waals surface area contributed by atoms with Gasteiger partial charge >= 0.3 is 0 Å². The number of nitrogens with one attached hydrogen (secondary N) is 2. The maximum atomic E-state index is 4.69. The number of likely N-dealkylation sites (N-methyl/N-ethyl adjacent to an activating group) is 1.